The number of nitrogens with two attached hydrogens (primary N) is 1. The topological polar surface area (TPSA) is 72.1 Å². The Balaban J connectivity index is 1.52. The summed E-state index contributed by atoms with van der Waals surface area (Å²) in [7, 11) is 0. The van der Waals surface area contributed by atoms with E-state index < -0.39 is 5.91 Å². The van der Waals surface area contributed by atoms with E-state index in [4.69, 9.17) is 10.7 Å². The predicted molar refractivity (Wildman–Crippen MR) is 119 cm³/mol. The number of aromatic nitrogens is 2. The number of hydrogen-bond donors (Lipinski definition) is 1. The Morgan fingerprint density at radius 3 is 2.38 bits per heavy atom. The Hall–Kier alpha value is -2.73. The van der Waals surface area contributed by atoms with Crippen molar-refractivity contribution < 1.29 is 4.79 Å². The number of carbonyl (C=O) groups excluding carboxylic acids is 1. The van der Waals surface area contributed by atoms with E-state index in [9.17, 15) is 4.79 Å². The van der Waals surface area contributed by atoms with Crippen LogP contribution in [0, 0.1) is 5.92 Å². The molecule has 1 aliphatic heterocycles. The van der Waals surface area contributed by atoms with Crippen molar-refractivity contribution >= 4 is 27.8 Å². The molecule has 5 nitrogen and oxygen atoms in total. The fourth-order valence-electron chi connectivity index (χ4n) is 3.76. The maximum atomic E-state index is 11.8. The van der Waals surface area contributed by atoms with Gasteiger partial charge in [-0.05, 0) is 48.9 Å². The highest BCUT2D eigenvalue weighted by Gasteiger charge is 2.23. The molecule has 0 bridgehead atoms. The van der Waals surface area contributed by atoms with Crippen molar-refractivity contribution in [3.63, 3.8) is 0 Å². The lowest BCUT2D eigenvalue weighted by atomic mass is 9.90. The minimum atomic E-state index is -0.536. The number of amides is 1. The summed E-state index contributed by atoms with van der Waals surface area (Å²) < 4.78 is 0.992. The second-order valence-corrected chi connectivity index (χ2v) is 8.35. The molecule has 1 aliphatic rings. The van der Waals surface area contributed by atoms with Crippen LogP contribution in [0.4, 0.5) is 5.95 Å². The zero-order chi connectivity index (χ0) is 20.2. The number of anilines is 1. The molecule has 1 fully saturated rings. The van der Waals surface area contributed by atoms with Crippen molar-refractivity contribution in [2.24, 2.45) is 11.7 Å². The molecule has 2 N–H and O–H groups in total. The Bertz CT molecular complexity index is 984. The van der Waals surface area contributed by atoms with Crippen molar-refractivity contribution in [1.29, 1.82) is 0 Å². The van der Waals surface area contributed by atoms with Crippen LogP contribution in [-0.2, 0) is 6.42 Å². The van der Waals surface area contributed by atoms with Gasteiger partial charge in [-0.1, -0.05) is 58.4 Å². The van der Waals surface area contributed by atoms with Gasteiger partial charge in [0.2, 0.25) is 5.95 Å². The molecular weight excluding hydrogens is 428 g/mol. The van der Waals surface area contributed by atoms with Crippen LogP contribution < -0.4 is 10.6 Å². The number of primary amides is 1. The molecule has 4 rings (SSSR count). The summed E-state index contributed by atoms with van der Waals surface area (Å²) in [6.45, 7) is 1.75. The van der Waals surface area contributed by atoms with E-state index in [0.717, 1.165) is 42.4 Å². The molecule has 3 aromatic rings. The lowest BCUT2D eigenvalue weighted by Gasteiger charge is -2.32. The number of halogens is 1. The van der Waals surface area contributed by atoms with Crippen molar-refractivity contribution in [3.05, 3.63) is 76.4 Å². The number of hydrogen-bond acceptors (Lipinski definition) is 4. The highest BCUT2D eigenvalue weighted by atomic mass is 79.9. The number of carbonyl (C=O) groups is 1. The van der Waals surface area contributed by atoms with E-state index in [-0.39, 0.29) is 5.69 Å². The van der Waals surface area contributed by atoms with Crippen LogP contribution in [-0.4, -0.2) is 29.0 Å². The third-order valence-electron chi connectivity index (χ3n) is 5.37. The van der Waals surface area contributed by atoms with Crippen molar-refractivity contribution in [3.8, 4) is 11.3 Å². The van der Waals surface area contributed by atoms with Gasteiger partial charge in [0, 0.05) is 23.1 Å². The van der Waals surface area contributed by atoms with E-state index in [1.807, 2.05) is 24.3 Å². The molecule has 29 heavy (non-hydrogen) atoms. The van der Waals surface area contributed by atoms with E-state index in [2.05, 4.69) is 56.1 Å². The lowest BCUT2D eigenvalue weighted by Crippen LogP contribution is -2.36. The molecule has 1 aromatic heterocycles. The maximum Gasteiger partial charge on any atom is 0.267 e. The van der Waals surface area contributed by atoms with Crippen LogP contribution in [0.5, 0.6) is 0 Å². The molecule has 1 saturated heterocycles. The number of rotatable bonds is 5. The van der Waals surface area contributed by atoms with Crippen molar-refractivity contribution in [1.82, 2.24) is 9.97 Å². The minimum Gasteiger partial charge on any atom is -0.364 e. The molecule has 0 spiro atoms. The summed E-state index contributed by atoms with van der Waals surface area (Å²) in [5.74, 6) is 0.697. The lowest BCUT2D eigenvalue weighted by molar-refractivity contribution is 0.0995. The summed E-state index contributed by atoms with van der Waals surface area (Å²) in [4.78, 5) is 23.2. The summed E-state index contributed by atoms with van der Waals surface area (Å²) >= 11 is 3.45. The molecule has 148 valence electrons. The third kappa shape index (κ3) is 4.82. The van der Waals surface area contributed by atoms with Crippen molar-refractivity contribution in [2.45, 2.75) is 19.3 Å². The Morgan fingerprint density at radius 1 is 1.03 bits per heavy atom. The summed E-state index contributed by atoms with van der Waals surface area (Å²) in [5.41, 5.74) is 8.81. The zero-order valence-corrected chi connectivity index (χ0v) is 17.7. The van der Waals surface area contributed by atoms with Crippen LogP contribution in [0.2, 0.25) is 0 Å². The zero-order valence-electron chi connectivity index (χ0n) is 16.1. The Labute approximate surface area is 179 Å². The van der Waals surface area contributed by atoms with Gasteiger partial charge in [-0.15, -0.1) is 0 Å². The molecule has 0 radical (unpaired) electrons. The monoisotopic (exact) mass is 450 g/mol. The van der Waals surface area contributed by atoms with Gasteiger partial charge in [0.1, 0.15) is 5.69 Å². The molecule has 6 heteroatoms. The van der Waals surface area contributed by atoms with Crippen LogP contribution in [0.1, 0.15) is 28.9 Å². The SMILES string of the molecule is NC(=O)c1cc(-c2ccc(Br)cc2)nc(N2CCC(Cc3ccccc3)CC2)n1. The van der Waals surface area contributed by atoms with Crippen LogP contribution >= 0.6 is 15.9 Å². The van der Waals surface area contributed by atoms with Gasteiger partial charge in [-0.2, -0.15) is 0 Å². The van der Waals surface area contributed by atoms with Gasteiger partial charge < -0.3 is 10.6 Å². The van der Waals surface area contributed by atoms with Gasteiger partial charge in [0.15, 0.2) is 0 Å². The quantitative estimate of drug-likeness (QED) is 0.622. The van der Waals surface area contributed by atoms with E-state index in [0.29, 0.717) is 17.6 Å². The first-order valence-electron chi connectivity index (χ1n) is 9.82. The first-order chi connectivity index (χ1) is 14.1. The maximum absolute atomic E-state index is 11.8. The standard InChI is InChI=1S/C23H23BrN4O/c24-19-8-6-18(7-9-19)20-15-21(22(25)29)27-23(26-20)28-12-10-17(11-13-28)14-16-4-2-1-3-5-16/h1-9,15,17H,10-14H2,(H2,25,29). The number of piperidine rings is 1. The highest BCUT2D eigenvalue weighted by Crippen LogP contribution is 2.27. The molecule has 0 aliphatic carbocycles. The highest BCUT2D eigenvalue weighted by molar-refractivity contribution is 9.10. The minimum absolute atomic E-state index is 0.249. The Kier molecular flexibility index (Phi) is 5.90. The third-order valence-corrected chi connectivity index (χ3v) is 5.90. The van der Waals surface area contributed by atoms with E-state index in [1.165, 1.54) is 5.56 Å². The fraction of sp³-hybridized carbons (Fsp3) is 0.261. The Morgan fingerprint density at radius 2 is 1.72 bits per heavy atom. The van der Waals surface area contributed by atoms with E-state index >= 15 is 0 Å². The van der Waals surface area contributed by atoms with Crippen LogP contribution in [0.3, 0.4) is 0 Å². The number of nitrogens with zero attached hydrogens (tertiary/aromatic N) is 3. The molecule has 0 saturated carbocycles. The first-order valence-corrected chi connectivity index (χ1v) is 10.6. The van der Waals surface area contributed by atoms with Gasteiger partial charge in [-0.25, -0.2) is 9.97 Å². The normalized spacial score (nSPS) is 14.7. The molecular formula is C23H23BrN4O. The molecule has 0 unspecified atom stereocenters. The average Bonchev–Trinajstić information content (AvgIpc) is 2.75. The first kappa shape index (κ1) is 19.6. The fourth-order valence-corrected chi connectivity index (χ4v) is 4.02. The molecule has 2 heterocycles. The number of benzene rings is 2. The van der Waals surface area contributed by atoms with Gasteiger partial charge in [0.05, 0.1) is 5.69 Å². The molecule has 0 atom stereocenters. The largest absolute Gasteiger partial charge is 0.364 e. The molecule has 1 amide bonds. The van der Waals surface area contributed by atoms with E-state index in [1.54, 1.807) is 6.07 Å². The second kappa shape index (κ2) is 8.74. The molecule has 2 aromatic carbocycles. The summed E-state index contributed by atoms with van der Waals surface area (Å²) in [6, 6.07) is 20.1. The van der Waals surface area contributed by atoms with Gasteiger partial charge in [0.25, 0.3) is 5.91 Å². The van der Waals surface area contributed by atoms with Gasteiger partial charge >= 0.3 is 0 Å². The van der Waals surface area contributed by atoms with Crippen LogP contribution in [0.15, 0.2) is 65.1 Å². The van der Waals surface area contributed by atoms with Crippen molar-refractivity contribution in [2.75, 3.05) is 18.0 Å². The average molecular weight is 451 g/mol. The van der Waals surface area contributed by atoms with Crippen LogP contribution in [0.25, 0.3) is 11.3 Å². The summed E-state index contributed by atoms with van der Waals surface area (Å²) in [6.07, 6.45) is 3.25. The smallest absolute Gasteiger partial charge is 0.267 e. The summed E-state index contributed by atoms with van der Waals surface area (Å²) in [5, 5.41) is 0. The predicted octanol–water partition coefficient (Wildman–Crippen LogP) is 4.46. The van der Waals surface area contributed by atoms with Gasteiger partial charge in [-0.3, -0.25) is 4.79 Å². The second-order valence-electron chi connectivity index (χ2n) is 7.43.